The molecule has 0 saturated carbocycles. The Morgan fingerprint density at radius 1 is 1.78 bits per heavy atom. The molecule has 0 saturated heterocycles. The van der Waals surface area contributed by atoms with Gasteiger partial charge in [-0.3, -0.25) is 0 Å². The highest BCUT2D eigenvalue weighted by Crippen LogP contribution is 2.03. The Morgan fingerprint density at radius 2 is 2.33 bits per heavy atom. The van der Waals surface area contributed by atoms with E-state index in [0.29, 0.717) is 0 Å². The third-order valence-corrected chi connectivity index (χ3v) is 1.91. The summed E-state index contributed by atoms with van der Waals surface area (Å²) >= 11 is 1.83. The van der Waals surface area contributed by atoms with Crippen LogP contribution in [-0.4, -0.2) is 18.1 Å². The minimum atomic E-state index is 0.206. The number of rotatable bonds is 4. The quantitative estimate of drug-likeness (QED) is 0.609. The predicted molar refractivity (Wildman–Crippen MR) is 45.8 cm³/mol. The van der Waals surface area contributed by atoms with Crippen molar-refractivity contribution in [1.82, 2.24) is 0 Å². The third kappa shape index (κ3) is 4.55. The van der Waals surface area contributed by atoms with Crippen LogP contribution in [-0.2, 0) is 0 Å². The molecule has 0 aromatic carbocycles. The van der Waals surface area contributed by atoms with Crippen LogP contribution in [0.3, 0.4) is 0 Å². The smallest absolute Gasteiger partial charge is 0.0256 e. The molecule has 0 bridgehead atoms. The normalized spacial score (nSPS) is 13.2. The van der Waals surface area contributed by atoms with Crippen molar-refractivity contribution in [2.45, 2.75) is 19.4 Å². The molecule has 9 heavy (non-hydrogen) atoms. The van der Waals surface area contributed by atoms with Crippen LogP contribution in [0.4, 0.5) is 0 Å². The SMILES string of the molecule is C=C(C)[C@@H](N)CCSC. The van der Waals surface area contributed by atoms with Crippen molar-refractivity contribution in [3.8, 4) is 0 Å². The average molecular weight is 145 g/mol. The Hall–Kier alpha value is 0.0500. The molecule has 0 aliphatic heterocycles. The fraction of sp³-hybridized carbons (Fsp3) is 0.714. The molecule has 0 amide bonds. The number of thioether (sulfide) groups is 1. The first-order chi connectivity index (χ1) is 4.18. The van der Waals surface area contributed by atoms with E-state index in [4.69, 9.17) is 5.73 Å². The van der Waals surface area contributed by atoms with Crippen LogP contribution < -0.4 is 5.73 Å². The summed E-state index contributed by atoms with van der Waals surface area (Å²) in [4.78, 5) is 0. The first kappa shape index (κ1) is 9.05. The third-order valence-electron chi connectivity index (χ3n) is 1.27. The maximum Gasteiger partial charge on any atom is 0.0256 e. The summed E-state index contributed by atoms with van der Waals surface area (Å²) in [6, 6.07) is 0.206. The summed E-state index contributed by atoms with van der Waals surface area (Å²) in [7, 11) is 0. The minimum Gasteiger partial charge on any atom is -0.324 e. The minimum absolute atomic E-state index is 0.206. The van der Waals surface area contributed by atoms with Gasteiger partial charge < -0.3 is 5.73 Å². The zero-order valence-electron chi connectivity index (χ0n) is 6.18. The van der Waals surface area contributed by atoms with Gasteiger partial charge in [0.15, 0.2) is 0 Å². The number of hydrogen-bond acceptors (Lipinski definition) is 2. The zero-order valence-corrected chi connectivity index (χ0v) is 7.00. The number of nitrogens with two attached hydrogens (primary N) is 1. The molecule has 54 valence electrons. The summed E-state index contributed by atoms with van der Waals surface area (Å²) in [6.07, 6.45) is 3.14. The van der Waals surface area contributed by atoms with Gasteiger partial charge in [0.1, 0.15) is 0 Å². The second kappa shape index (κ2) is 4.89. The predicted octanol–water partition coefficient (Wildman–Crippen LogP) is 1.64. The van der Waals surface area contributed by atoms with E-state index in [-0.39, 0.29) is 6.04 Å². The first-order valence-electron chi connectivity index (χ1n) is 3.08. The van der Waals surface area contributed by atoms with Gasteiger partial charge in [0.05, 0.1) is 0 Å². The molecule has 2 N–H and O–H groups in total. The van der Waals surface area contributed by atoms with Crippen molar-refractivity contribution in [3.63, 3.8) is 0 Å². The van der Waals surface area contributed by atoms with Crippen molar-refractivity contribution < 1.29 is 0 Å². The molecule has 1 nitrogen and oxygen atoms in total. The van der Waals surface area contributed by atoms with E-state index in [1.807, 2.05) is 18.7 Å². The summed E-state index contributed by atoms with van der Waals surface area (Å²) in [6.45, 7) is 5.75. The largest absolute Gasteiger partial charge is 0.324 e. The molecule has 0 heterocycles. The summed E-state index contributed by atoms with van der Waals surface area (Å²) in [5.74, 6) is 1.13. The molecule has 0 unspecified atom stereocenters. The van der Waals surface area contributed by atoms with E-state index in [0.717, 1.165) is 17.7 Å². The zero-order chi connectivity index (χ0) is 7.28. The topological polar surface area (TPSA) is 26.0 Å². The summed E-state index contributed by atoms with van der Waals surface area (Å²) in [5.41, 5.74) is 6.78. The van der Waals surface area contributed by atoms with Crippen molar-refractivity contribution in [2.75, 3.05) is 12.0 Å². The Morgan fingerprint density at radius 3 is 2.67 bits per heavy atom. The molecule has 0 aromatic heterocycles. The highest BCUT2D eigenvalue weighted by atomic mass is 32.2. The maximum absolute atomic E-state index is 5.69. The van der Waals surface area contributed by atoms with Crippen molar-refractivity contribution in [2.24, 2.45) is 5.73 Å². The van der Waals surface area contributed by atoms with Gasteiger partial charge >= 0.3 is 0 Å². The lowest BCUT2D eigenvalue weighted by Crippen LogP contribution is -2.21. The van der Waals surface area contributed by atoms with Gasteiger partial charge in [0.2, 0.25) is 0 Å². The molecule has 0 aromatic rings. The highest BCUT2D eigenvalue weighted by Gasteiger charge is 1.99. The lowest BCUT2D eigenvalue weighted by Gasteiger charge is -2.08. The molecule has 0 aliphatic rings. The molecular formula is C7H15NS. The second-order valence-corrected chi connectivity index (χ2v) is 3.22. The monoisotopic (exact) mass is 145 g/mol. The number of hydrogen-bond donors (Lipinski definition) is 1. The fourth-order valence-corrected chi connectivity index (χ4v) is 0.981. The van der Waals surface area contributed by atoms with Gasteiger partial charge in [-0.1, -0.05) is 12.2 Å². The Kier molecular flexibility index (Phi) is 4.91. The van der Waals surface area contributed by atoms with E-state index in [1.54, 1.807) is 0 Å². The van der Waals surface area contributed by atoms with Gasteiger partial charge in [-0.15, -0.1) is 0 Å². The van der Waals surface area contributed by atoms with Gasteiger partial charge in [-0.25, -0.2) is 0 Å². The molecule has 0 spiro atoms. The van der Waals surface area contributed by atoms with E-state index < -0.39 is 0 Å². The lowest BCUT2D eigenvalue weighted by molar-refractivity contribution is 0.750. The molecule has 0 fully saturated rings. The van der Waals surface area contributed by atoms with Crippen LogP contribution in [0.15, 0.2) is 12.2 Å². The van der Waals surface area contributed by atoms with Gasteiger partial charge in [0, 0.05) is 6.04 Å². The highest BCUT2D eigenvalue weighted by molar-refractivity contribution is 7.98. The molecule has 1 atom stereocenters. The molecule has 2 heteroatoms. The van der Waals surface area contributed by atoms with E-state index >= 15 is 0 Å². The standard InChI is InChI=1S/C7H15NS/c1-6(2)7(8)4-5-9-3/h7H,1,4-5,8H2,2-3H3/t7-/m0/s1. The Balaban J connectivity index is 3.27. The Labute approximate surface area is 61.7 Å². The summed E-state index contributed by atoms with van der Waals surface area (Å²) < 4.78 is 0. The van der Waals surface area contributed by atoms with E-state index in [1.165, 1.54) is 0 Å². The molecule has 0 rings (SSSR count). The van der Waals surface area contributed by atoms with Crippen LogP contribution >= 0.6 is 11.8 Å². The van der Waals surface area contributed by atoms with Crippen molar-refractivity contribution in [1.29, 1.82) is 0 Å². The average Bonchev–Trinajstić information content (AvgIpc) is 1.82. The maximum atomic E-state index is 5.69. The van der Waals surface area contributed by atoms with Gasteiger partial charge in [-0.05, 0) is 25.4 Å². The molecule has 0 aliphatic carbocycles. The van der Waals surface area contributed by atoms with Gasteiger partial charge in [-0.2, -0.15) is 11.8 Å². The lowest BCUT2D eigenvalue weighted by atomic mass is 10.1. The van der Waals surface area contributed by atoms with Crippen LogP contribution in [0.1, 0.15) is 13.3 Å². The van der Waals surface area contributed by atoms with Gasteiger partial charge in [0.25, 0.3) is 0 Å². The van der Waals surface area contributed by atoms with E-state index in [2.05, 4.69) is 12.8 Å². The van der Waals surface area contributed by atoms with Crippen LogP contribution in [0, 0.1) is 0 Å². The summed E-state index contributed by atoms with van der Waals surface area (Å²) in [5, 5.41) is 0. The van der Waals surface area contributed by atoms with Crippen molar-refractivity contribution in [3.05, 3.63) is 12.2 Å². The fourth-order valence-electron chi connectivity index (χ4n) is 0.491. The van der Waals surface area contributed by atoms with Crippen LogP contribution in [0.5, 0.6) is 0 Å². The second-order valence-electron chi connectivity index (χ2n) is 2.23. The van der Waals surface area contributed by atoms with Crippen LogP contribution in [0.2, 0.25) is 0 Å². The molecule has 0 radical (unpaired) electrons. The Bertz CT molecular complexity index is 90.9. The van der Waals surface area contributed by atoms with Crippen molar-refractivity contribution >= 4 is 11.8 Å². The molecular weight excluding hydrogens is 130 g/mol. The van der Waals surface area contributed by atoms with E-state index in [9.17, 15) is 0 Å². The first-order valence-corrected chi connectivity index (χ1v) is 4.47. The van der Waals surface area contributed by atoms with Crippen LogP contribution in [0.25, 0.3) is 0 Å².